The average molecular weight is 343 g/mol. The molecule has 1 aromatic rings. The van der Waals surface area contributed by atoms with Crippen LogP contribution in [0.2, 0.25) is 0 Å². The van der Waals surface area contributed by atoms with Gasteiger partial charge in [0.25, 0.3) is 5.91 Å². The largest absolute Gasteiger partial charge is 0.349 e. The van der Waals surface area contributed by atoms with Gasteiger partial charge in [-0.2, -0.15) is 0 Å². The van der Waals surface area contributed by atoms with Gasteiger partial charge in [-0.1, -0.05) is 31.0 Å². The number of hydrogen-bond acceptors (Lipinski definition) is 3. The molecule has 136 valence electrons. The summed E-state index contributed by atoms with van der Waals surface area (Å²) >= 11 is 0. The smallest absolute Gasteiger partial charge is 0.251 e. The van der Waals surface area contributed by atoms with E-state index in [1.807, 2.05) is 35.2 Å². The zero-order valence-electron chi connectivity index (χ0n) is 15.0. The van der Waals surface area contributed by atoms with E-state index in [4.69, 9.17) is 0 Å². The van der Waals surface area contributed by atoms with Crippen LogP contribution in [0.1, 0.15) is 48.9 Å². The van der Waals surface area contributed by atoms with Crippen LogP contribution >= 0.6 is 0 Å². The number of nitrogens with one attached hydrogen (secondary N) is 1. The van der Waals surface area contributed by atoms with E-state index in [9.17, 15) is 9.59 Å². The average Bonchev–Trinajstić information content (AvgIpc) is 2.93. The van der Waals surface area contributed by atoms with Crippen molar-refractivity contribution in [2.75, 3.05) is 32.7 Å². The van der Waals surface area contributed by atoms with Crippen molar-refractivity contribution in [2.45, 2.75) is 44.6 Å². The van der Waals surface area contributed by atoms with Gasteiger partial charge in [0.15, 0.2) is 0 Å². The van der Waals surface area contributed by atoms with Crippen molar-refractivity contribution in [1.82, 2.24) is 15.1 Å². The van der Waals surface area contributed by atoms with Crippen molar-refractivity contribution < 1.29 is 9.59 Å². The molecule has 3 rings (SSSR count). The highest BCUT2D eigenvalue weighted by atomic mass is 16.2. The minimum Gasteiger partial charge on any atom is -0.349 e. The molecule has 2 aliphatic rings. The second-order valence-electron chi connectivity index (χ2n) is 7.18. The van der Waals surface area contributed by atoms with Gasteiger partial charge in [-0.25, -0.2) is 0 Å². The molecule has 0 aliphatic carbocycles. The lowest BCUT2D eigenvalue weighted by atomic mass is 10.0. The van der Waals surface area contributed by atoms with Crippen LogP contribution in [0.4, 0.5) is 0 Å². The highest BCUT2D eigenvalue weighted by Gasteiger charge is 2.24. The maximum Gasteiger partial charge on any atom is 0.251 e. The van der Waals surface area contributed by atoms with Crippen LogP contribution in [0.5, 0.6) is 0 Å². The van der Waals surface area contributed by atoms with Gasteiger partial charge in [0.05, 0.1) is 6.54 Å². The highest BCUT2D eigenvalue weighted by molar-refractivity contribution is 5.94. The zero-order valence-corrected chi connectivity index (χ0v) is 15.0. The topological polar surface area (TPSA) is 52.7 Å². The summed E-state index contributed by atoms with van der Waals surface area (Å²) < 4.78 is 0. The van der Waals surface area contributed by atoms with E-state index < -0.39 is 0 Å². The Hall–Kier alpha value is -1.88. The van der Waals surface area contributed by atoms with Gasteiger partial charge < -0.3 is 10.2 Å². The molecule has 0 bridgehead atoms. The fourth-order valence-corrected chi connectivity index (χ4v) is 3.71. The SMILES string of the molecule is O=C(NC1CCN(CC(=O)N2CCCCCC2)CC1)c1ccccc1. The van der Waals surface area contributed by atoms with E-state index in [0.29, 0.717) is 12.1 Å². The summed E-state index contributed by atoms with van der Waals surface area (Å²) in [5, 5.41) is 3.12. The molecule has 5 nitrogen and oxygen atoms in total. The van der Waals surface area contributed by atoms with Crippen LogP contribution in [0.25, 0.3) is 0 Å². The summed E-state index contributed by atoms with van der Waals surface area (Å²) in [6.45, 7) is 4.11. The molecule has 0 unspecified atom stereocenters. The number of rotatable bonds is 4. The standard InChI is InChI=1S/C20H29N3O2/c24-19(23-12-6-1-2-7-13-23)16-22-14-10-18(11-15-22)21-20(25)17-8-4-3-5-9-17/h3-5,8-9,18H,1-2,6-7,10-16H2,(H,21,25). The number of amides is 2. The molecule has 0 saturated carbocycles. The summed E-state index contributed by atoms with van der Waals surface area (Å²) in [6.07, 6.45) is 6.59. The van der Waals surface area contributed by atoms with Crippen LogP contribution in [-0.4, -0.2) is 60.4 Å². The number of carbonyl (C=O) groups excluding carboxylic acids is 2. The molecule has 0 atom stereocenters. The molecule has 1 N–H and O–H groups in total. The molecule has 2 heterocycles. The lowest BCUT2D eigenvalue weighted by molar-refractivity contribution is -0.132. The van der Waals surface area contributed by atoms with Gasteiger partial charge in [0.2, 0.25) is 5.91 Å². The van der Waals surface area contributed by atoms with E-state index in [-0.39, 0.29) is 17.9 Å². The van der Waals surface area contributed by atoms with E-state index in [1.165, 1.54) is 12.8 Å². The molecular formula is C20H29N3O2. The van der Waals surface area contributed by atoms with Crippen molar-refractivity contribution in [3.05, 3.63) is 35.9 Å². The van der Waals surface area contributed by atoms with E-state index in [2.05, 4.69) is 10.2 Å². The zero-order chi connectivity index (χ0) is 17.5. The summed E-state index contributed by atoms with van der Waals surface area (Å²) in [5.41, 5.74) is 0.710. The van der Waals surface area contributed by atoms with Crippen molar-refractivity contribution in [3.63, 3.8) is 0 Å². The molecule has 0 spiro atoms. The molecule has 2 aliphatic heterocycles. The minimum atomic E-state index is -0.000284. The van der Waals surface area contributed by atoms with Crippen LogP contribution in [-0.2, 0) is 4.79 Å². The Morgan fingerprint density at radius 2 is 1.56 bits per heavy atom. The molecule has 2 fully saturated rings. The van der Waals surface area contributed by atoms with Crippen molar-refractivity contribution >= 4 is 11.8 Å². The van der Waals surface area contributed by atoms with Gasteiger partial charge >= 0.3 is 0 Å². The van der Waals surface area contributed by atoms with Crippen molar-refractivity contribution in [3.8, 4) is 0 Å². The van der Waals surface area contributed by atoms with Gasteiger partial charge in [0, 0.05) is 37.8 Å². The number of nitrogens with zero attached hydrogens (tertiary/aromatic N) is 2. The summed E-state index contributed by atoms with van der Waals surface area (Å²) in [4.78, 5) is 29.0. The van der Waals surface area contributed by atoms with Crippen molar-refractivity contribution in [1.29, 1.82) is 0 Å². The second kappa shape index (κ2) is 8.99. The number of carbonyl (C=O) groups is 2. The maximum absolute atomic E-state index is 12.5. The third-order valence-corrected chi connectivity index (χ3v) is 5.28. The molecule has 0 aromatic heterocycles. The Bertz CT molecular complexity index is 560. The van der Waals surface area contributed by atoms with E-state index in [1.54, 1.807) is 0 Å². The first-order valence-electron chi connectivity index (χ1n) is 9.58. The van der Waals surface area contributed by atoms with Crippen LogP contribution in [0.15, 0.2) is 30.3 Å². The molecule has 0 radical (unpaired) electrons. The number of piperidine rings is 1. The Morgan fingerprint density at radius 3 is 2.20 bits per heavy atom. The first kappa shape index (κ1) is 17.9. The summed E-state index contributed by atoms with van der Waals surface area (Å²) in [6, 6.07) is 9.56. The predicted octanol–water partition coefficient (Wildman–Crippen LogP) is 2.28. The summed E-state index contributed by atoms with van der Waals surface area (Å²) in [5.74, 6) is 0.272. The third-order valence-electron chi connectivity index (χ3n) is 5.28. The van der Waals surface area contributed by atoms with Gasteiger partial charge in [-0.05, 0) is 37.8 Å². The minimum absolute atomic E-state index is 0.000284. The van der Waals surface area contributed by atoms with Gasteiger partial charge in [0.1, 0.15) is 0 Å². The number of hydrogen-bond donors (Lipinski definition) is 1. The first-order chi connectivity index (χ1) is 12.2. The Morgan fingerprint density at radius 1 is 0.920 bits per heavy atom. The van der Waals surface area contributed by atoms with E-state index >= 15 is 0 Å². The van der Waals surface area contributed by atoms with Gasteiger partial charge in [-0.3, -0.25) is 14.5 Å². The highest BCUT2D eigenvalue weighted by Crippen LogP contribution is 2.14. The fraction of sp³-hybridized carbons (Fsp3) is 0.600. The normalized spacial score (nSPS) is 20.1. The second-order valence-corrected chi connectivity index (χ2v) is 7.18. The third kappa shape index (κ3) is 5.30. The van der Waals surface area contributed by atoms with Crippen molar-refractivity contribution in [2.24, 2.45) is 0 Å². The lowest BCUT2D eigenvalue weighted by Crippen LogP contribution is -2.48. The Kier molecular flexibility index (Phi) is 6.45. The monoisotopic (exact) mass is 343 g/mol. The molecule has 25 heavy (non-hydrogen) atoms. The molecular weight excluding hydrogens is 314 g/mol. The summed E-state index contributed by atoms with van der Waals surface area (Å²) in [7, 11) is 0. The van der Waals surface area contributed by atoms with Gasteiger partial charge in [-0.15, -0.1) is 0 Å². The fourth-order valence-electron chi connectivity index (χ4n) is 3.71. The Labute approximate surface area is 150 Å². The van der Waals surface area contributed by atoms with Crippen LogP contribution in [0, 0.1) is 0 Å². The maximum atomic E-state index is 12.5. The number of benzene rings is 1. The quantitative estimate of drug-likeness (QED) is 0.912. The molecule has 5 heteroatoms. The molecule has 1 aromatic carbocycles. The molecule has 2 saturated heterocycles. The number of likely N-dealkylation sites (tertiary alicyclic amines) is 2. The molecule has 2 amide bonds. The predicted molar refractivity (Wildman–Crippen MR) is 98.4 cm³/mol. The first-order valence-corrected chi connectivity index (χ1v) is 9.58. The Balaban J connectivity index is 1.41. The van der Waals surface area contributed by atoms with Crippen LogP contribution in [0.3, 0.4) is 0 Å². The van der Waals surface area contributed by atoms with E-state index in [0.717, 1.165) is 51.9 Å². The lowest BCUT2D eigenvalue weighted by Gasteiger charge is -2.33. The van der Waals surface area contributed by atoms with Crippen LogP contribution < -0.4 is 5.32 Å².